The van der Waals surface area contributed by atoms with E-state index in [0.717, 1.165) is 6.92 Å². The zero-order valence-corrected chi connectivity index (χ0v) is 5.66. The molecule has 0 fully saturated rings. The van der Waals surface area contributed by atoms with Gasteiger partial charge in [-0.05, 0) is 6.92 Å². The minimum Gasteiger partial charge on any atom is -0.481 e. The first kappa shape index (κ1) is 11.2. The number of aliphatic carboxylic acids is 1. The second kappa shape index (κ2) is 7.39. The van der Waals surface area contributed by atoms with Crippen LogP contribution in [0.25, 0.3) is 0 Å². The van der Waals surface area contributed by atoms with Crippen LogP contribution in [0.1, 0.15) is 13.8 Å². The largest absolute Gasteiger partial charge is 0.481 e. The van der Waals surface area contributed by atoms with E-state index in [9.17, 15) is 0 Å². The third-order valence-electron chi connectivity index (χ3n) is 0.288. The minimum atomic E-state index is -0.833. The topological polar surface area (TPSA) is 83.5 Å². The molecule has 0 saturated heterocycles. The number of hydrogen-bond acceptors (Lipinski definition) is 3. The second-order valence-corrected chi connectivity index (χ2v) is 1.68. The van der Waals surface area contributed by atoms with Gasteiger partial charge in [-0.15, -0.1) is 0 Å². The Labute approximate surface area is 54.3 Å². The summed E-state index contributed by atoms with van der Waals surface area (Å²) in [6.07, 6.45) is 0. The molecule has 4 nitrogen and oxygen atoms in total. The lowest BCUT2D eigenvalue weighted by molar-refractivity contribution is -0.134. The van der Waals surface area contributed by atoms with Crippen molar-refractivity contribution < 1.29 is 15.0 Å². The summed E-state index contributed by atoms with van der Waals surface area (Å²) in [6, 6.07) is -0.0602. The van der Waals surface area contributed by atoms with E-state index in [0.29, 0.717) is 0 Å². The van der Waals surface area contributed by atoms with Crippen molar-refractivity contribution in [2.75, 3.05) is 6.61 Å². The summed E-state index contributed by atoms with van der Waals surface area (Å²) in [7, 11) is 0. The van der Waals surface area contributed by atoms with Gasteiger partial charge in [0.25, 0.3) is 5.97 Å². The predicted octanol–water partition coefficient (Wildman–Crippen LogP) is -0.583. The van der Waals surface area contributed by atoms with E-state index in [1.165, 1.54) is 0 Å². The van der Waals surface area contributed by atoms with Crippen LogP contribution in [0.15, 0.2) is 0 Å². The number of aliphatic hydroxyl groups is 1. The Morgan fingerprint density at radius 3 is 1.89 bits per heavy atom. The first-order valence-electron chi connectivity index (χ1n) is 2.56. The van der Waals surface area contributed by atoms with Crippen molar-refractivity contribution in [3.05, 3.63) is 0 Å². The third-order valence-corrected chi connectivity index (χ3v) is 0.288. The highest BCUT2D eigenvalue weighted by atomic mass is 16.4. The highest BCUT2D eigenvalue weighted by Gasteiger charge is 1.81. The van der Waals surface area contributed by atoms with E-state index in [1.807, 2.05) is 0 Å². The van der Waals surface area contributed by atoms with Crippen molar-refractivity contribution in [2.45, 2.75) is 19.9 Å². The number of carbonyl (C=O) groups is 1. The number of nitrogens with two attached hydrogens (primary N) is 1. The van der Waals surface area contributed by atoms with Crippen molar-refractivity contribution in [3.63, 3.8) is 0 Å². The number of carboxylic acid groups (broad SMARTS) is 1. The normalized spacial score (nSPS) is 11.1. The first-order valence-corrected chi connectivity index (χ1v) is 2.56. The molecule has 1 atom stereocenters. The van der Waals surface area contributed by atoms with E-state index in [2.05, 4.69) is 0 Å². The van der Waals surface area contributed by atoms with Crippen LogP contribution >= 0.6 is 0 Å². The van der Waals surface area contributed by atoms with Gasteiger partial charge in [0.15, 0.2) is 0 Å². The predicted molar refractivity (Wildman–Crippen MR) is 34.0 cm³/mol. The fraction of sp³-hybridized carbons (Fsp3) is 0.800. The quantitative estimate of drug-likeness (QED) is 0.449. The molecule has 0 amide bonds. The molecule has 56 valence electrons. The maximum absolute atomic E-state index is 9.00. The van der Waals surface area contributed by atoms with E-state index >= 15 is 0 Å². The molecule has 0 aromatic carbocycles. The molecule has 0 aromatic rings. The van der Waals surface area contributed by atoms with Crippen molar-refractivity contribution in [2.24, 2.45) is 5.73 Å². The molecule has 0 rings (SSSR count). The van der Waals surface area contributed by atoms with Gasteiger partial charge in [-0.25, -0.2) is 0 Å². The summed E-state index contributed by atoms with van der Waals surface area (Å²) in [5, 5.41) is 15.4. The molecule has 0 radical (unpaired) electrons. The smallest absolute Gasteiger partial charge is 0.300 e. The highest BCUT2D eigenvalue weighted by Crippen LogP contribution is 1.62. The summed E-state index contributed by atoms with van der Waals surface area (Å²) in [5.41, 5.74) is 5.04. The van der Waals surface area contributed by atoms with Crippen LogP contribution < -0.4 is 5.73 Å². The average molecular weight is 135 g/mol. The summed E-state index contributed by atoms with van der Waals surface area (Å²) in [5.74, 6) is -0.833. The van der Waals surface area contributed by atoms with Gasteiger partial charge in [0.2, 0.25) is 0 Å². The summed E-state index contributed by atoms with van der Waals surface area (Å²) in [4.78, 5) is 9.00. The number of hydrogen-bond donors (Lipinski definition) is 3. The van der Waals surface area contributed by atoms with Crippen LogP contribution in [0.5, 0.6) is 0 Å². The zero-order valence-electron chi connectivity index (χ0n) is 5.66. The number of aliphatic hydroxyl groups excluding tert-OH is 1. The van der Waals surface area contributed by atoms with Crippen LogP contribution in [-0.2, 0) is 4.79 Å². The van der Waals surface area contributed by atoms with Crippen molar-refractivity contribution >= 4 is 5.97 Å². The molecule has 0 heterocycles. The van der Waals surface area contributed by atoms with Crippen LogP contribution in [0, 0.1) is 0 Å². The Morgan fingerprint density at radius 2 is 1.89 bits per heavy atom. The van der Waals surface area contributed by atoms with E-state index in [-0.39, 0.29) is 12.6 Å². The van der Waals surface area contributed by atoms with Crippen LogP contribution in [0.2, 0.25) is 0 Å². The molecule has 0 aliphatic heterocycles. The molecule has 9 heavy (non-hydrogen) atoms. The summed E-state index contributed by atoms with van der Waals surface area (Å²) < 4.78 is 0. The SMILES string of the molecule is CC(=O)O.C[C@@H](N)CO. The van der Waals surface area contributed by atoms with E-state index in [1.54, 1.807) is 6.92 Å². The average Bonchev–Trinajstić information content (AvgIpc) is 1.65. The summed E-state index contributed by atoms with van der Waals surface area (Å²) in [6.45, 7) is 2.92. The fourth-order valence-electron chi connectivity index (χ4n) is 0. The van der Waals surface area contributed by atoms with Gasteiger partial charge in [-0.2, -0.15) is 0 Å². The molecule has 0 bridgehead atoms. The molecular weight excluding hydrogens is 122 g/mol. The van der Waals surface area contributed by atoms with Gasteiger partial charge in [-0.1, -0.05) is 0 Å². The Kier molecular flexibility index (Phi) is 9.21. The Bertz CT molecular complexity index is 68.6. The Balaban J connectivity index is 0. The molecular formula is C5H13NO3. The van der Waals surface area contributed by atoms with E-state index < -0.39 is 5.97 Å². The molecule has 4 N–H and O–H groups in total. The van der Waals surface area contributed by atoms with Gasteiger partial charge in [0.05, 0.1) is 6.61 Å². The van der Waals surface area contributed by atoms with Gasteiger partial charge < -0.3 is 15.9 Å². The maximum atomic E-state index is 9.00. The molecule has 0 aromatic heterocycles. The number of rotatable bonds is 1. The maximum Gasteiger partial charge on any atom is 0.300 e. The number of carboxylic acids is 1. The van der Waals surface area contributed by atoms with Gasteiger partial charge in [0.1, 0.15) is 0 Å². The van der Waals surface area contributed by atoms with Gasteiger partial charge in [0, 0.05) is 13.0 Å². The van der Waals surface area contributed by atoms with Gasteiger partial charge in [-0.3, -0.25) is 4.79 Å². The molecule has 0 saturated carbocycles. The Hall–Kier alpha value is -0.610. The lowest BCUT2D eigenvalue weighted by Crippen LogP contribution is -2.18. The lowest BCUT2D eigenvalue weighted by atomic mass is 10.4. The molecule has 0 spiro atoms. The molecule has 4 heteroatoms. The van der Waals surface area contributed by atoms with Crippen molar-refractivity contribution in [1.82, 2.24) is 0 Å². The minimum absolute atomic E-state index is 0.0602. The summed E-state index contributed by atoms with van der Waals surface area (Å²) >= 11 is 0. The van der Waals surface area contributed by atoms with Crippen LogP contribution in [-0.4, -0.2) is 28.8 Å². The van der Waals surface area contributed by atoms with Gasteiger partial charge >= 0.3 is 0 Å². The highest BCUT2D eigenvalue weighted by molar-refractivity contribution is 5.62. The molecule has 0 unspecified atom stereocenters. The lowest BCUT2D eigenvalue weighted by Gasteiger charge is -1.91. The first-order chi connectivity index (χ1) is 4.00. The second-order valence-electron chi connectivity index (χ2n) is 1.68. The molecule has 0 aliphatic carbocycles. The zero-order chi connectivity index (χ0) is 7.86. The third kappa shape index (κ3) is 111. The van der Waals surface area contributed by atoms with Crippen LogP contribution in [0.4, 0.5) is 0 Å². The van der Waals surface area contributed by atoms with E-state index in [4.69, 9.17) is 20.7 Å². The fourth-order valence-corrected chi connectivity index (χ4v) is 0. The van der Waals surface area contributed by atoms with Crippen molar-refractivity contribution in [3.8, 4) is 0 Å². The van der Waals surface area contributed by atoms with Crippen LogP contribution in [0.3, 0.4) is 0 Å². The molecule has 0 aliphatic rings. The monoisotopic (exact) mass is 135 g/mol. The standard InChI is InChI=1S/C3H9NO.C2H4O2/c1-3(4)2-5;1-2(3)4/h3,5H,2,4H2,1H3;1H3,(H,3,4)/t3-;/m1./s1. The Morgan fingerprint density at radius 1 is 1.78 bits per heavy atom. The van der Waals surface area contributed by atoms with Crippen molar-refractivity contribution in [1.29, 1.82) is 0 Å².